The number of hydrogen-bond donors (Lipinski definition) is 1. The second kappa shape index (κ2) is 6.24. The summed E-state index contributed by atoms with van der Waals surface area (Å²) in [5, 5.41) is 3.83. The molecule has 94 valence electrons. The zero-order chi connectivity index (χ0) is 11.5. The molecule has 2 rings (SSSR count). The van der Waals surface area contributed by atoms with Gasteiger partial charge in [0.1, 0.15) is 0 Å². The number of amides is 1. The Morgan fingerprint density at radius 2 is 2.18 bits per heavy atom. The summed E-state index contributed by atoms with van der Waals surface area (Å²) in [6.07, 6.45) is 0. The molecular weight excluding hydrogens is 259 g/mol. The van der Waals surface area contributed by atoms with Crippen LogP contribution in [-0.4, -0.2) is 36.5 Å². The van der Waals surface area contributed by atoms with Crippen molar-refractivity contribution in [1.82, 2.24) is 10.2 Å². The van der Waals surface area contributed by atoms with Crippen LogP contribution in [0.2, 0.25) is 5.02 Å². The first-order valence-electron chi connectivity index (χ1n) is 5.45. The van der Waals surface area contributed by atoms with Crippen molar-refractivity contribution in [3.05, 3.63) is 34.9 Å². The van der Waals surface area contributed by atoms with Crippen LogP contribution in [0.1, 0.15) is 17.3 Å². The SMILES string of the molecule is CC1CN(C(=O)c2ccccc2Cl)CCN1.Cl. The van der Waals surface area contributed by atoms with Gasteiger partial charge < -0.3 is 10.2 Å². The van der Waals surface area contributed by atoms with Crippen molar-refractivity contribution >= 4 is 29.9 Å². The highest BCUT2D eigenvalue weighted by Gasteiger charge is 2.22. The van der Waals surface area contributed by atoms with Crippen LogP contribution in [0.15, 0.2) is 24.3 Å². The van der Waals surface area contributed by atoms with Gasteiger partial charge >= 0.3 is 0 Å². The van der Waals surface area contributed by atoms with Crippen LogP contribution >= 0.6 is 24.0 Å². The van der Waals surface area contributed by atoms with Crippen LogP contribution in [-0.2, 0) is 0 Å². The number of nitrogens with one attached hydrogen (secondary N) is 1. The molecule has 0 radical (unpaired) electrons. The van der Waals surface area contributed by atoms with Crippen molar-refractivity contribution in [1.29, 1.82) is 0 Å². The van der Waals surface area contributed by atoms with Gasteiger partial charge in [-0.15, -0.1) is 12.4 Å². The molecule has 0 spiro atoms. The van der Waals surface area contributed by atoms with Gasteiger partial charge in [0.25, 0.3) is 5.91 Å². The number of halogens is 2. The highest BCUT2D eigenvalue weighted by Crippen LogP contribution is 2.17. The van der Waals surface area contributed by atoms with Gasteiger partial charge in [0, 0.05) is 25.7 Å². The minimum atomic E-state index is 0. The third-order valence-corrected chi connectivity index (χ3v) is 3.09. The van der Waals surface area contributed by atoms with Gasteiger partial charge in [-0.25, -0.2) is 0 Å². The van der Waals surface area contributed by atoms with E-state index in [2.05, 4.69) is 12.2 Å². The molecule has 5 heteroatoms. The summed E-state index contributed by atoms with van der Waals surface area (Å²) in [5.74, 6) is 0.0268. The molecular formula is C12H16Cl2N2O. The van der Waals surface area contributed by atoms with Crippen LogP contribution in [0.5, 0.6) is 0 Å². The van der Waals surface area contributed by atoms with Gasteiger partial charge in [0.2, 0.25) is 0 Å². The molecule has 1 aliphatic heterocycles. The molecule has 1 N–H and O–H groups in total. The number of nitrogens with zero attached hydrogens (tertiary/aromatic N) is 1. The smallest absolute Gasteiger partial charge is 0.255 e. The van der Waals surface area contributed by atoms with E-state index in [0.717, 1.165) is 19.6 Å². The van der Waals surface area contributed by atoms with Crippen molar-refractivity contribution in [2.75, 3.05) is 19.6 Å². The Balaban J connectivity index is 0.00000144. The summed E-state index contributed by atoms with van der Waals surface area (Å²) in [4.78, 5) is 14.0. The standard InChI is InChI=1S/C12H15ClN2O.ClH/c1-9-8-15(7-6-14-9)12(16)10-4-2-3-5-11(10)13;/h2-5,9,14H,6-8H2,1H3;1H. The summed E-state index contributed by atoms with van der Waals surface area (Å²) < 4.78 is 0. The van der Waals surface area contributed by atoms with Gasteiger partial charge in [-0.2, -0.15) is 0 Å². The normalized spacial score (nSPS) is 19.6. The van der Waals surface area contributed by atoms with Gasteiger partial charge in [0.05, 0.1) is 10.6 Å². The molecule has 1 fully saturated rings. The third-order valence-electron chi connectivity index (χ3n) is 2.76. The van der Waals surface area contributed by atoms with Crippen molar-refractivity contribution in [3.63, 3.8) is 0 Å². The highest BCUT2D eigenvalue weighted by molar-refractivity contribution is 6.33. The lowest BCUT2D eigenvalue weighted by Gasteiger charge is -2.32. The van der Waals surface area contributed by atoms with Crippen LogP contribution in [0, 0.1) is 0 Å². The lowest BCUT2D eigenvalue weighted by molar-refractivity contribution is 0.0709. The van der Waals surface area contributed by atoms with Crippen LogP contribution in [0.25, 0.3) is 0 Å². The minimum absolute atomic E-state index is 0. The number of piperazine rings is 1. The average Bonchev–Trinajstić information content (AvgIpc) is 2.29. The monoisotopic (exact) mass is 274 g/mol. The van der Waals surface area contributed by atoms with Crippen LogP contribution in [0.4, 0.5) is 0 Å². The Morgan fingerprint density at radius 3 is 2.82 bits per heavy atom. The van der Waals surface area contributed by atoms with Gasteiger partial charge in [-0.1, -0.05) is 23.7 Å². The highest BCUT2D eigenvalue weighted by atomic mass is 35.5. The Bertz CT molecular complexity index is 398. The maximum Gasteiger partial charge on any atom is 0.255 e. The van der Waals surface area contributed by atoms with E-state index in [4.69, 9.17) is 11.6 Å². The summed E-state index contributed by atoms with van der Waals surface area (Å²) in [6, 6.07) is 7.54. The van der Waals surface area contributed by atoms with E-state index in [-0.39, 0.29) is 18.3 Å². The average molecular weight is 275 g/mol. The van der Waals surface area contributed by atoms with E-state index in [1.165, 1.54) is 0 Å². The molecule has 1 unspecified atom stereocenters. The quantitative estimate of drug-likeness (QED) is 0.852. The molecule has 0 bridgehead atoms. The first-order chi connectivity index (χ1) is 7.68. The maximum absolute atomic E-state index is 12.2. The van der Waals surface area contributed by atoms with Crippen molar-refractivity contribution in [2.45, 2.75) is 13.0 Å². The lowest BCUT2D eigenvalue weighted by atomic mass is 10.1. The number of rotatable bonds is 1. The number of carbonyl (C=O) groups excluding carboxylic acids is 1. The first kappa shape index (κ1) is 14.3. The van der Waals surface area contributed by atoms with E-state index < -0.39 is 0 Å². The Kier molecular flexibility index (Phi) is 5.25. The van der Waals surface area contributed by atoms with E-state index in [0.29, 0.717) is 16.6 Å². The first-order valence-corrected chi connectivity index (χ1v) is 5.83. The van der Waals surface area contributed by atoms with E-state index in [1.807, 2.05) is 17.0 Å². The lowest BCUT2D eigenvalue weighted by Crippen LogP contribution is -2.51. The van der Waals surface area contributed by atoms with Crippen LogP contribution < -0.4 is 5.32 Å². The van der Waals surface area contributed by atoms with Crippen molar-refractivity contribution in [2.24, 2.45) is 0 Å². The molecule has 1 saturated heterocycles. The number of benzene rings is 1. The molecule has 1 amide bonds. The van der Waals surface area contributed by atoms with Gasteiger partial charge in [0.15, 0.2) is 0 Å². The maximum atomic E-state index is 12.2. The Morgan fingerprint density at radius 1 is 1.47 bits per heavy atom. The topological polar surface area (TPSA) is 32.3 Å². The predicted octanol–water partition coefficient (Wildman–Crippen LogP) is 2.20. The fraction of sp³-hybridized carbons (Fsp3) is 0.417. The second-order valence-electron chi connectivity index (χ2n) is 4.09. The minimum Gasteiger partial charge on any atom is -0.336 e. The molecule has 0 aliphatic carbocycles. The van der Waals surface area contributed by atoms with Crippen molar-refractivity contribution < 1.29 is 4.79 Å². The predicted molar refractivity (Wildman–Crippen MR) is 72.1 cm³/mol. The van der Waals surface area contributed by atoms with E-state index in [1.54, 1.807) is 12.1 Å². The largest absolute Gasteiger partial charge is 0.336 e. The molecule has 1 aromatic carbocycles. The molecule has 17 heavy (non-hydrogen) atoms. The summed E-state index contributed by atoms with van der Waals surface area (Å²) >= 11 is 6.01. The molecule has 1 aliphatic rings. The van der Waals surface area contributed by atoms with Gasteiger partial charge in [-0.05, 0) is 19.1 Å². The second-order valence-corrected chi connectivity index (χ2v) is 4.49. The Labute approximate surface area is 113 Å². The van der Waals surface area contributed by atoms with E-state index in [9.17, 15) is 4.79 Å². The zero-order valence-corrected chi connectivity index (χ0v) is 11.2. The molecule has 1 aromatic rings. The van der Waals surface area contributed by atoms with Gasteiger partial charge in [-0.3, -0.25) is 4.79 Å². The summed E-state index contributed by atoms with van der Waals surface area (Å²) in [6.45, 7) is 4.40. The van der Waals surface area contributed by atoms with Crippen LogP contribution in [0.3, 0.4) is 0 Å². The zero-order valence-electron chi connectivity index (χ0n) is 9.65. The fourth-order valence-electron chi connectivity index (χ4n) is 1.92. The molecule has 1 heterocycles. The molecule has 1 atom stereocenters. The molecule has 0 aromatic heterocycles. The van der Waals surface area contributed by atoms with E-state index >= 15 is 0 Å². The fourth-order valence-corrected chi connectivity index (χ4v) is 2.14. The summed E-state index contributed by atoms with van der Waals surface area (Å²) in [7, 11) is 0. The number of hydrogen-bond acceptors (Lipinski definition) is 2. The number of carbonyl (C=O) groups is 1. The van der Waals surface area contributed by atoms with Crippen molar-refractivity contribution in [3.8, 4) is 0 Å². The Hall–Kier alpha value is -0.770. The summed E-state index contributed by atoms with van der Waals surface area (Å²) in [5.41, 5.74) is 0.596. The molecule has 0 saturated carbocycles. The third kappa shape index (κ3) is 3.35. The molecule has 3 nitrogen and oxygen atoms in total.